The highest BCUT2D eigenvalue weighted by molar-refractivity contribution is 7.99. The number of ketones is 2. The fourth-order valence-corrected chi connectivity index (χ4v) is 7.63. The van der Waals surface area contributed by atoms with Crippen molar-refractivity contribution < 1.29 is 14.3 Å². The number of benzene rings is 4. The van der Waals surface area contributed by atoms with Crippen molar-refractivity contribution in [1.29, 1.82) is 0 Å². The quantitative estimate of drug-likeness (QED) is 0.170. The molecule has 0 aromatic heterocycles. The Morgan fingerprint density at radius 3 is 2.14 bits per heavy atom. The minimum absolute atomic E-state index is 0.110. The van der Waals surface area contributed by atoms with Gasteiger partial charge in [-0.15, -0.1) is 0 Å². The van der Waals surface area contributed by atoms with Crippen LogP contribution in [0.15, 0.2) is 82.6 Å². The first kappa shape index (κ1) is 30.2. The zero-order valence-corrected chi connectivity index (χ0v) is 27.0. The summed E-state index contributed by atoms with van der Waals surface area (Å²) in [5, 5.41) is 3.45. The molecule has 1 fully saturated rings. The summed E-state index contributed by atoms with van der Waals surface area (Å²) in [5.41, 5.74) is 6.79. The molecule has 1 N–H and O–H groups in total. The molecule has 0 aliphatic heterocycles. The lowest BCUT2D eigenvalue weighted by Gasteiger charge is -2.26. The first-order chi connectivity index (χ1) is 21.3. The third-order valence-corrected chi connectivity index (χ3v) is 10.2. The number of hydrogen-bond donors (Lipinski definition) is 1. The highest BCUT2D eigenvalue weighted by Gasteiger charge is 2.34. The number of hydrogen-bond acceptors (Lipinski definition) is 5. The minimum Gasteiger partial charge on any atom is -0.493 e. The summed E-state index contributed by atoms with van der Waals surface area (Å²) in [7, 11) is 0. The Hall–Kier alpha value is -3.83. The van der Waals surface area contributed by atoms with Gasteiger partial charge < -0.3 is 10.1 Å². The molecule has 0 radical (unpaired) electrons. The number of carbonyl (C=O) groups excluding carboxylic acids is 2. The zero-order chi connectivity index (χ0) is 30.8. The maximum absolute atomic E-state index is 14.0. The molecule has 1 saturated carbocycles. The van der Waals surface area contributed by atoms with Gasteiger partial charge in [-0.2, -0.15) is 0 Å². The van der Waals surface area contributed by atoms with Gasteiger partial charge in [-0.1, -0.05) is 81.3 Å². The number of ether oxygens (including phenoxy) is 1. The molecule has 4 nitrogen and oxygen atoms in total. The molecule has 0 atom stereocenters. The topological polar surface area (TPSA) is 55.4 Å². The lowest BCUT2D eigenvalue weighted by atomic mass is 9.79. The normalized spacial score (nSPS) is 17.6. The van der Waals surface area contributed by atoms with Gasteiger partial charge in [0.05, 0.1) is 17.9 Å². The number of fused-ring (bicyclic) bond motifs is 2. The summed E-state index contributed by atoms with van der Waals surface area (Å²) in [6.07, 6.45) is 7.20. The second-order valence-electron chi connectivity index (χ2n) is 12.5. The highest BCUT2D eigenvalue weighted by Crippen LogP contribution is 2.41. The van der Waals surface area contributed by atoms with Crippen molar-refractivity contribution in [3.05, 3.63) is 112 Å². The molecule has 2 aliphatic rings. The van der Waals surface area contributed by atoms with Gasteiger partial charge in [-0.05, 0) is 98.0 Å². The zero-order valence-electron chi connectivity index (χ0n) is 26.2. The monoisotopic (exact) mass is 603 g/mol. The molecule has 0 saturated heterocycles. The Balaban J connectivity index is 1.25. The molecule has 4 aromatic carbocycles. The fourth-order valence-electron chi connectivity index (χ4n) is 6.65. The summed E-state index contributed by atoms with van der Waals surface area (Å²) in [5.74, 6) is 2.13. The van der Waals surface area contributed by atoms with E-state index >= 15 is 0 Å². The van der Waals surface area contributed by atoms with Crippen LogP contribution in [0.2, 0.25) is 0 Å². The predicted molar refractivity (Wildman–Crippen MR) is 180 cm³/mol. The van der Waals surface area contributed by atoms with Crippen molar-refractivity contribution in [3.63, 3.8) is 0 Å². The van der Waals surface area contributed by atoms with E-state index in [0.717, 1.165) is 51.1 Å². The molecule has 2 aliphatic carbocycles. The predicted octanol–water partition coefficient (Wildman–Crippen LogP) is 10.4. The minimum atomic E-state index is -0.130. The second-order valence-corrected chi connectivity index (χ2v) is 13.6. The van der Waals surface area contributed by atoms with Crippen LogP contribution in [0.4, 0.5) is 11.4 Å². The van der Waals surface area contributed by atoms with Crippen LogP contribution in [0, 0.1) is 19.8 Å². The van der Waals surface area contributed by atoms with E-state index < -0.39 is 0 Å². The SMILES string of the molecule is CCCCOc1c(C)cc(Nc2cccc3c2C(=O)c2cccc(Sc4ccc(C5CCC(C)CC5)cc4)c2C3=O)cc1C. The number of unbranched alkanes of at least 4 members (excludes halogenated alkanes) is 1. The molecule has 5 heteroatoms. The number of carbonyl (C=O) groups is 2. The molecule has 226 valence electrons. The van der Waals surface area contributed by atoms with Crippen LogP contribution >= 0.6 is 11.8 Å². The highest BCUT2D eigenvalue weighted by atomic mass is 32.2. The van der Waals surface area contributed by atoms with E-state index in [0.29, 0.717) is 40.5 Å². The van der Waals surface area contributed by atoms with Crippen LogP contribution in [-0.4, -0.2) is 18.2 Å². The van der Waals surface area contributed by atoms with E-state index in [1.807, 2.05) is 50.2 Å². The third kappa shape index (κ3) is 6.08. The van der Waals surface area contributed by atoms with Crippen LogP contribution < -0.4 is 10.1 Å². The van der Waals surface area contributed by atoms with Gasteiger partial charge in [0, 0.05) is 32.2 Å². The standard InChI is InChI=1S/C39H41NO3S/c1-5-6-21-43-39-25(3)22-29(23-26(39)4)40-33-11-7-9-31-35(33)37(41)32-10-8-12-34(36(32)38(31)42)44-30-19-17-28(18-20-30)27-15-13-24(2)14-16-27/h7-12,17-20,22-24,27,40H,5-6,13-16,21H2,1-4H3. The molecule has 0 amide bonds. The largest absolute Gasteiger partial charge is 0.493 e. The van der Waals surface area contributed by atoms with Gasteiger partial charge in [-0.3, -0.25) is 9.59 Å². The Kier molecular flexibility index (Phi) is 8.95. The summed E-state index contributed by atoms with van der Waals surface area (Å²) >= 11 is 1.56. The van der Waals surface area contributed by atoms with Crippen molar-refractivity contribution in [2.24, 2.45) is 5.92 Å². The van der Waals surface area contributed by atoms with Crippen LogP contribution in [0.1, 0.15) is 107 Å². The molecule has 6 rings (SSSR count). The molecule has 0 spiro atoms. The van der Waals surface area contributed by atoms with E-state index in [-0.39, 0.29) is 11.6 Å². The summed E-state index contributed by atoms with van der Waals surface area (Å²) < 4.78 is 6.04. The number of aryl methyl sites for hydroxylation is 2. The van der Waals surface area contributed by atoms with Crippen LogP contribution in [-0.2, 0) is 0 Å². The Morgan fingerprint density at radius 1 is 0.818 bits per heavy atom. The molecule has 4 aromatic rings. The fraction of sp³-hybridized carbons (Fsp3) is 0.333. The van der Waals surface area contributed by atoms with Crippen LogP contribution in [0.25, 0.3) is 0 Å². The van der Waals surface area contributed by atoms with E-state index in [2.05, 4.69) is 43.4 Å². The lowest BCUT2D eigenvalue weighted by molar-refractivity contribution is 0.0977. The van der Waals surface area contributed by atoms with Gasteiger partial charge in [0.1, 0.15) is 5.75 Å². The van der Waals surface area contributed by atoms with Crippen molar-refractivity contribution in [3.8, 4) is 5.75 Å². The van der Waals surface area contributed by atoms with Gasteiger partial charge in [0.25, 0.3) is 0 Å². The van der Waals surface area contributed by atoms with E-state index in [9.17, 15) is 9.59 Å². The van der Waals surface area contributed by atoms with Crippen molar-refractivity contribution in [2.45, 2.75) is 81.9 Å². The summed E-state index contributed by atoms with van der Waals surface area (Å²) in [6, 6.07) is 24.0. The van der Waals surface area contributed by atoms with Crippen molar-refractivity contribution >= 4 is 34.7 Å². The average molecular weight is 604 g/mol. The first-order valence-corrected chi connectivity index (χ1v) is 16.8. The second kappa shape index (κ2) is 13.0. The first-order valence-electron chi connectivity index (χ1n) is 16.0. The molecular formula is C39H41NO3S. The molecule has 0 unspecified atom stereocenters. The van der Waals surface area contributed by atoms with E-state index in [1.165, 1.54) is 31.2 Å². The molecular weight excluding hydrogens is 563 g/mol. The van der Waals surface area contributed by atoms with Gasteiger partial charge in [-0.25, -0.2) is 0 Å². The third-order valence-electron chi connectivity index (χ3n) is 9.11. The lowest BCUT2D eigenvalue weighted by Crippen LogP contribution is -2.23. The van der Waals surface area contributed by atoms with Crippen molar-refractivity contribution in [1.82, 2.24) is 0 Å². The van der Waals surface area contributed by atoms with Gasteiger partial charge in [0.2, 0.25) is 0 Å². The number of anilines is 2. The van der Waals surface area contributed by atoms with Gasteiger partial charge in [0.15, 0.2) is 11.6 Å². The maximum Gasteiger partial charge on any atom is 0.196 e. The number of rotatable bonds is 9. The van der Waals surface area contributed by atoms with E-state index in [1.54, 1.807) is 23.9 Å². The average Bonchev–Trinajstić information content (AvgIpc) is 3.02. The smallest absolute Gasteiger partial charge is 0.196 e. The molecule has 44 heavy (non-hydrogen) atoms. The van der Waals surface area contributed by atoms with Crippen molar-refractivity contribution in [2.75, 3.05) is 11.9 Å². The maximum atomic E-state index is 14.0. The number of nitrogens with one attached hydrogen (secondary N) is 1. The summed E-state index contributed by atoms with van der Waals surface area (Å²) in [4.78, 5) is 29.9. The summed E-state index contributed by atoms with van der Waals surface area (Å²) in [6.45, 7) is 9.26. The Morgan fingerprint density at radius 2 is 1.45 bits per heavy atom. The van der Waals surface area contributed by atoms with E-state index in [4.69, 9.17) is 4.74 Å². The molecule has 0 heterocycles. The van der Waals surface area contributed by atoms with Crippen LogP contribution in [0.3, 0.4) is 0 Å². The van der Waals surface area contributed by atoms with Gasteiger partial charge >= 0.3 is 0 Å². The Bertz CT molecular complexity index is 1680. The van der Waals surface area contributed by atoms with Crippen LogP contribution in [0.5, 0.6) is 5.75 Å². The molecule has 0 bridgehead atoms. The Labute approximate surface area is 265 Å².